The van der Waals surface area contributed by atoms with Crippen molar-refractivity contribution in [3.05, 3.63) is 29.8 Å². The van der Waals surface area contributed by atoms with E-state index in [1.165, 1.54) is 22.8 Å². The highest BCUT2D eigenvalue weighted by Crippen LogP contribution is 2.13. The van der Waals surface area contributed by atoms with Gasteiger partial charge in [-0.1, -0.05) is 0 Å². The van der Waals surface area contributed by atoms with E-state index >= 15 is 0 Å². The number of nitrogens with zero attached hydrogens (tertiary/aromatic N) is 2. The summed E-state index contributed by atoms with van der Waals surface area (Å²) in [6.07, 6.45) is 3.48. The number of nitrogens with one attached hydrogen (secondary N) is 1. The van der Waals surface area contributed by atoms with Crippen molar-refractivity contribution >= 4 is 15.9 Å². The van der Waals surface area contributed by atoms with Crippen molar-refractivity contribution in [2.24, 2.45) is 0 Å². The highest BCUT2D eigenvalue weighted by Gasteiger charge is 2.25. The van der Waals surface area contributed by atoms with Crippen LogP contribution < -0.4 is 5.32 Å². The molecule has 0 aliphatic carbocycles. The normalized spacial score (nSPS) is 17.9. The molecule has 1 amide bonds. The van der Waals surface area contributed by atoms with Crippen LogP contribution in [0.25, 0.3) is 0 Å². The molecular weight excluding hydrogens is 285 g/mol. The van der Waals surface area contributed by atoms with Crippen molar-refractivity contribution in [3.63, 3.8) is 0 Å². The highest BCUT2D eigenvalue weighted by atomic mass is 32.2. The van der Waals surface area contributed by atoms with Gasteiger partial charge < -0.3 is 5.32 Å². The third-order valence-electron chi connectivity index (χ3n) is 3.25. The van der Waals surface area contributed by atoms with Crippen molar-refractivity contribution in [1.82, 2.24) is 14.6 Å². The van der Waals surface area contributed by atoms with Gasteiger partial charge in [-0.3, -0.25) is 4.79 Å². The average molecular weight is 301 g/mol. The predicted octanol–water partition coefficient (Wildman–Crippen LogP) is 0.375. The lowest BCUT2D eigenvalue weighted by Gasteiger charge is -2.30. The van der Waals surface area contributed by atoms with E-state index < -0.39 is 16.0 Å². The number of aromatic nitrogens is 1. The van der Waals surface area contributed by atoms with Crippen LogP contribution in [0, 0.1) is 5.95 Å². The first-order valence-corrected chi connectivity index (χ1v) is 8.08. The van der Waals surface area contributed by atoms with Crippen LogP contribution in [0.5, 0.6) is 0 Å². The minimum Gasteiger partial charge on any atom is -0.349 e. The number of sulfonamides is 1. The van der Waals surface area contributed by atoms with Crippen LogP contribution in [0.1, 0.15) is 23.2 Å². The molecule has 0 radical (unpaired) electrons. The zero-order valence-electron chi connectivity index (χ0n) is 11.0. The number of rotatable bonds is 3. The van der Waals surface area contributed by atoms with Crippen molar-refractivity contribution in [2.45, 2.75) is 18.9 Å². The minimum atomic E-state index is -3.17. The maximum Gasteiger partial charge on any atom is 0.253 e. The Balaban J connectivity index is 1.89. The Bertz CT molecular complexity index is 580. The molecule has 1 aromatic rings. The van der Waals surface area contributed by atoms with Crippen LogP contribution in [0.4, 0.5) is 4.39 Å². The molecule has 2 heterocycles. The maximum absolute atomic E-state index is 12.7. The number of halogens is 1. The SMILES string of the molecule is CS(=O)(=O)N1CCC(NC(=O)c2ccc(F)nc2)CC1. The summed E-state index contributed by atoms with van der Waals surface area (Å²) in [5, 5.41) is 2.80. The summed E-state index contributed by atoms with van der Waals surface area (Å²) in [7, 11) is -3.17. The van der Waals surface area contributed by atoms with Gasteiger partial charge in [-0.05, 0) is 25.0 Å². The zero-order valence-corrected chi connectivity index (χ0v) is 11.9. The zero-order chi connectivity index (χ0) is 14.8. The molecule has 6 nitrogen and oxygen atoms in total. The lowest BCUT2D eigenvalue weighted by Crippen LogP contribution is -2.46. The predicted molar refractivity (Wildman–Crippen MR) is 71.1 cm³/mol. The fourth-order valence-electron chi connectivity index (χ4n) is 2.11. The van der Waals surface area contributed by atoms with Gasteiger partial charge in [0.05, 0.1) is 11.8 Å². The molecule has 20 heavy (non-hydrogen) atoms. The highest BCUT2D eigenvalue weighted by molar-refractivity contribution is 7.88. The van der Waals surface area contributed by atoms with Crippen LogP contribution in [-0.4, -0.2) is 49.0 Å². The van der Waals surface area contributed by atoms with Crippen molar-refractivity contribution in [1.29, 1.82) is 0 Å². The van der Waals surface area contributed by atoms with Crippen LogP contribution in [0.15, 0.2) is 18.3 Å². The molecular formula is C12H16FN3O3S. The maximum atomic E-state index is 12.7. The smallest absolute Gasteiger partial charge is 0.253 e. The van der Waals surface area contributed by atoms with Gasteiger partial charge in [-0.25, -0.2) is 17.7 Å². The summed E-state index contributed by atoms with van der Waals surface area (Å²) in [6, 6.07) is 2.41. The van der Waals surface area contributed by atoms with Gasteiger partial charge in [-0.15, -0.1) is 0 Å². The summed E-state index contributed by atoms with van der Waals surface area (Å²) in [5.41, 5.74) is 0.289. The van der Waals surface area contributed by atoms with Gasteiger partial charge in [-0.2, -0.15) is 4.39 Å². The lowest BCUT2D eigenvalue weighted by molar-refractivity contribution is 0.0923. The summed E-state index contributed by atoms with van der Waals surface area (Å²) in [6.45, 7) is 0.789. The summed E-state index contributed by atoms with van der Waals surface area (Å²) < 4.78 is 36.8. The minimum absolute atomic E-state index is 0.0782. The first kappa shape index (κ1) is 14.9. The summed E-state index contributed by atoms with van der Waals surface area (Å²) in [4.78, 5) is 15.3. The number of piperidine rings is 1. The van der Waals surface area contributed by atoms with Gasteiger partial charge in [0.2, 0.25) is 16.0 Å². The van der Waals surface area contributed by atoms with E-state index in [9.17, 15) is 17.6 Å². The van der Waals surface area contributed by atoms with Gasteiger partial charge in [0.1, 0.15) is 0 Å². The van der Waals surface area contributed by atoms with Gasteiger partial charge in [0.25, 0.3) is 5.91 Å². The monoisotopic (exact) mass is 301 g/mol. The molecule has 0 aromatic carbocycles. The second-order valence-corrected chi connectivity index (χ2v) is 6.76. The summed E-state index contributed by atoms with van der Waals surface area (Å²) in [5.74, 6) is -0.960. The summed E-state index contributed by atoms with van der Waals surface area (Å²) >= 11 is 0. The van der Waals surface area contributed by atoms with E-state index in [0.29, 0.717) is 25.9 Å². The fraction of sp³-hybridized carbons (Fsp3) is 0.500. The molecule has 0 bridgehead atoms. The quantitative estimate of drug-likeness (QED) is 0.818. The van der Waals surface area contributed by atoms with Crippen LogP contribution in [0.3, 0.4) is 0 Å². The van der Waals surface area contributed by atoms with Gasteiger partial charge >= 0.3 is 0 Å². The fourth-order valence-corrected chi connectivity index (χ4v) is 2.98. The van der Waals surface area contributed by atoms with Crippen molar-refractivity contribution in [2.75, 3.05) is 19.3 Å². The first-order valence-electron chi connectivity index (χ1n) is 6.24. The molecule has 1 aliphatic heterocycles. The molecule has 8 heteroatoms. The number of carbonyl (C=O) groups is 1. The Morgan fingerprint density at radius 1 is 1.40 bits per heavy atom. The van der Waals surface area contributed by atoms with E-state index in [4.69, 9.17) is 0 Å². The number of hydrogen-bond acceptors (Lipinski definition) is 4. The van der Waals surface area contributed by atoms with Crippen LogP contribution in [-0.2, 0) is 10.0 Å². The van der Waals surface area contributed by atoms with Gasteiger partial charge in [0, 0.05) is 25.3 Å². The van der Waals surface area contributed by atoms with E-state index in [-0.39, 0.29) is 17.5 Å². The third kappa shape index (κ3) is 3.73. The van der Waals surface area contributed by atoms with E-state index in [1.54, 1.807) is 0 Å². The molecule has 0 saturated carbocycles. The van der Waals surface area contributed by atoms with Crippen molar-refractivity contribution in [3.8, 4) is 0 Å². The van der Waals surface area contributed by atoms with Crippen LogP contribution in [0.2, 0.25) is 0 Å². The molecule has 1 saturated heterocycles. The molecule has 2 rings (SSSR count). The Kier molecular flexibility index (Phi) is 4.34. The van der Waals surface area contributed by atoms with Crippen molar-refractivity contribution < 1.29 is 17.6 Å². The average Bonchev–Trinajstić information content (AvgIpc) is 2.39. The molecule has 1 aliphatic rings. The molecule has 0 unspecified atom stereocenters. The van der Waals surface area contributed by atoms with E-state index in [1.807, 2.05) is 0 Å². The topological polar surface area (TPSA) is 79.4 Å². The number of hydrogen-bond donors (Lipinski definition) is 1. The molecule has 1 fully saturated rings. The Morgan fingerprint density at radius 3 is 2.55 bits per heavy atom. The largest absolute Gasteiger partial charge is 0.349 e. The van der Waals surface area contributed by atoms with Gasteiger partial charge in [0.15, 0.2) is 0 Å². The second kappa shape index (κ2) is 5.84. The third-order valence-corrected chi connectivity index (χ3v) is 4.55. The standard InChI is InChI=1S/C12H16FN3O3S/c1-20(18,19)16-6-4-10(5-7-16)15-12(17)9-2-3-11(13)14-8-9/h2-3,8,10H,4-7H2,1H3,(H,15,17). The number of amides is 1. The van der Waals surface area contributed by atoms with E-state index in [0.717, 1.165) is 6.07 Å². The molecule has 110 valence electrons. The van der Waals surface area contributed by atoms with E-state index in [2.05, 4.69) is 10.3 Å². The Morgan fingerprint density at radius 2 is 2.05 bits per heavy atom. The Labute approximate surface area is 117 Å². The Hall–Kier alpha value is -1.54. The molecule has 1 aromatic heterocycles. The first-order chi connectivity index (χ1) is 9.36. The molecule has 0 spiro atoms. The van der Waals surface area contributed by atoms with Crippen LogP contribution >= 0.6 is 0 Å². The lowest BCUT2D eigenvalue weighted by atomic mass is 10.1. The molecule has 1 N–H and O–H groups in total. The second-order valence-electron chi connectivity index (χ2n) is 4.78. The molecule has 0 atom stereocenters. The number of carbonyl (C=O) groups excluding carboxylic acids is 1. The number of pyridine rings is 1.